The fourth-order valence-corrected chi connectivity index (χ4v) is 2.17. The molecule has 130 valence electrons. The van der Waals surface area contributed by atoms with Crippen LogP contribution in [0.3, 0.4) is 0 Å². The van der Waals surface area contributed by atoms with Gasteiger partial charge in [-0.1, -0.05) is 13.8 Å². The normalized spacial score (nSPS) is 11.6. The van der Waals surface area contributed by atoms with E-state index in [2.05, 4.69) is 29.1 Å². The Balaban J connectivity index is 2.73. The van der Waals surface area contributed by atoms with Crippen LogP contribution >= 0.6 is 0 Å². The summed E-state index contributed by atoms with van der Waals surface area (Å²) in [5.74, 6) is 1.89. The first-order valence-corrected chi connectivity index (χ1v) is 8.33. The van der Waals surface area contributed by atoms with E-state index in [-0.39, 0.29) is 0 Å². The lowest BCUT2D eigenvalue weighted by atomic mass is 10.2. The molecule has 23 heavy (non-hydrogen) atoms. The molecule has 1 rings (SSSR count). The molecular formula is C17H30N4O2. The van der Waals surface area contributed by atoms with Gasteiger partial charge in [-0.15, -0.1) is 0 Å². The van der Waals surface area contributed by atoms with Crippen LogP contribution in [0.5, 0.6) is 11.5 Å². The monoisotopic (exact) mass is 322 g/mol. The highest BCUT2D eigenvalue weighted by atomic mass is 16.5. The minimum atomic E-state index is 0.381. The van der Waals surface area contributed by atoms with E-state index in [1.165, 1.54) is 0 Å². The zero-order valence-corrected chi connectivity index (χ0v) is 14.8. The van der Waals surface area contributed by atoms with E-state index in [9.17, 15) is 0 Å². The van der Waals surface area contributed by atoms with Crippen LogP contribution in [0.4, 0.5) is 5.69 Å². The number of anilines is 1. The average Bonchev–Trinajstić information content (AvgIpc) is 2.54. The molecule has 6 heteroatoms. The van der Waals surface area contributed by atoms with Crippen molar-refractivity contribution in [3.05, 3.63) is 18.2 Å². The van der Waals surface area contributed by atoms with Gasteiger partial charge in [0.25, 0.3) is 0 Å². The number of ether oxygens (including phenoxy) is 2. The van der Waals surface area contributed by atoms with Gasteiger partial charge in [0.2, 0.25) is 0 Å². The maximum absolute atomic E-state index is 5.99. The van der Waals surface area contributed by atoms with Crippen molar-refractivity contribution in [3.8, 4) is 11.5 Å². The number of nitrogens with two attached hydrogens (primary N) is 1. The number of benzene rings is 1. The molecule has 6 nitrogen and oxygen atoms in total. The molecule has 0 atom stereocenters. The van der Waals surface area contributed by atoms with Gasteiger partial charge in [0, 0.05) is 12.6 Å². The summed E-state index contributed by atoms with van der Waals surface area (Å²) in [7, 11) is 0. The molecule has 0 amide bonds. The van der Waals surface area contributed by atoms with E-state index in [1.54, 1.807) is 0 Å². The molecular weight excluding hydrogens is 292 g/mol. The van der Waals surface area contributed by atoms with Gasteiger partial charge in [-0.05, 0) is 39.1 Å². The summed E-state index contributed by atoms with van der Waals surface area (Å²) in [5, 5.41) is 3.11. The van der Waals surface area contributed by atoms with Gasteiger partial charge in [0.1, 0.15) is 11.5 Å². The largest absolute Gasteiger partial charge is 0.494 e. The van der Waals surface area contributed by atoms with Crippen molar-refractivity contribution >= 4 is 11.6 Å². The van der Waals surface area contributed by atoms with E-state index in [0.29, 0.717) is 25.7 Å². The molecule has 1 aromatic carbocycles. The zero-order chi connectivity index (χ0) is 17.1. The highest BCUT2D eigenvalue weighted by Gasteiger charge is 2.07. The van der Waals surface area contributed by atoms with E-state index in [0.717, 1.165) is 36.8 Å². The molecule has 0 fully saturated rings. The minimum absolute atomic E-state index is 0.381. The smallest absolute Gasteiger partial charge is 0.193 e. The first-order chi connectivity index (χ1) is 11.1. The second-order valence-corrected chi connectivity index (χ2v) is 4.94. The molecule has 3 N–H and O–H groups in total. The molecule has 0 heterocycles. The standard InChI is InChI=1S/C17H30N4O2/c1-5-21(6-2)12-11-19-17(18)20-15-13-14(22-7-3)9-10-16(15)23-8-4/h9-10,13H,5-8,11-12H2,1-4H3,(H3,18,19,20). The van der Waals surface area contributed by atoms with E-state index in [1.807, 2.05) is 32.0 Å². The Morgan fingerprint density at radius 2 is 1.83 bits per heavy atom. The SMILES string of the molecule is CCOc1ccc(OCC)c(NC(N)=NCCN(CC)CC)c1. The predicted molar refractivity (Wildman–Crippen MR) is 96.7 cm³/mol. The Hall–Kier alpha value is -1.95. The maximum atomic E-state index is 5.99. The van der Waals surface area contributed by atoms with Gasteiger partial charge >= 0.3 is 0 Å². The lowest BCUT2D eigenvalue weighted by Gasteiger charge is -2.17. The zero-order valence-electron chi connectivity index (χ0n) is 14.8. The number of likely N-dealkylation sites (N-methyl/N-ethyl adjacent to an activating group) is 1. The van der Waals surface area contributed by atoms with Crippen LogP contribution in [-0.2, 0) is 0 Å². The van der Waals surface area contributed by atoms with Gasteiger partial charge in [0.15, 0.2) is 5.96 Å². The van der Waals surface area contributed by atoms with Gasteiger partial charge in [-0.2, -0.15) is 0 Å². The van der Waals surface area contributed by atoms with E-state index < -0.39 is 0 Å². The Morgan fingerprint density at radius 1 is 1.13 bits per heavy atom. The Kier molecular flexibility index (Phi) is 8.90. The molecule has 1 aromatic rings. The van der Waals surface area contributed by atoms with Crippen LogP contribution in [0, 0.1) is 0 Å². The average molecular weight is 322 g/mol. The Morgan fingerprint density at radius 3 is 2.43 bits per heavy atom. The Bertz CT molecular complexity index is 487. The molecule has 0 aliphatic carbocycles. The molecule has 0 bridgehead atoms. The summed E-state index contributed by atoms with van der Waals surface area (Å²) in [6, 6.07) is 5.63. The van der Waals surface area contributed by atoms with Crippen molar-refractivity contribution in [2.75, 3.05) is 44.7 Å². The fourth-order valence-electron chi connectivity index (χ4n) is 2.17. The highest BCUT2D eigenvalue weighted by molar-refractivity contribution is 5.94. The summed E-state index contributed by atoms with van der Waals surface area (Å²) in [4.78, 5) is 6.68. The summed E-state index contributed by atoms with van der Waals surface area (Å²) in [6.45, 7) is 13.0. The number of guanidine groups is 1. The Labute approximate surface area is 139 Å². The number of rotatable bonds is 10. The predicted octanol–water partition coefficient (Wildman–Crippen LogP) is 2.55. The summed E-state index contributed by atoms with van der Waals surface area (Å²) < 4.78 is 11.1. The molecule has 0 saturated carbocycles. The third-order valence-corrected chi connectivity index (χ3v) is 3.42. The summed E-state index contributed by atoms with van der Waals surface area (Å²) in [6.07, 6.45) is 0. The molecule has 0 unspecified atom stereocenters. The number of hydrogen-bond acceptors (Lipinski definition) is 4. The minimum Gasteiger partial charge on any atom is -0.494 e. The fraction of sp³-hybridized carbons (Fsp3) is 0.588. The third kappa shape index (κ3) is 6.78. The van der Waals surface area contributed by atoms with Crippen molar-refractivity contribution in [1.29, 1.82) is 0 Å². The van der Waals surface area contributed by atoms with Crippen LogP contribution in [-0.4, -0.2) is 50.3 Å². The van der Waals surface area contributed by atoms with E-state index in [4.69, 9.17) is 15.2 Å². The van der Waals surface area contributed by atoms with Crippen molar-refractivity contribution in [2.24, 2.45) is 10.7 Å². The third-order valence-electron chi connectivity index (χ3n) is 3.42. The highest BCUT2D eigenvalue weighted by Crippen LogP contribution is 2.29. The summed E-state index contributed by atoms with van der Waals surface area (Å²) >= 11 is 0. The second-order valence-electron chi connectivity index (χ2n) is 4.94. The molecule has 0 aliphatic heterocycles. The van der Waals surface area contributed by atoms with Gasteiger partial charge < -0.3 is 25.4 Å². The molecule has 0 aliphatic rings. The van der Waals surface area contributed by atoms with Crippen LogP contribution in [0.1, 0.15) is 27.7 Å². The van der Waals surface area contributed by atoms with Crippen molar-refractivity contribution < 1.29 is 9.47 Å². The first-order valence-electron chi connectivity index (χ1n) is 8.33. The number of nitrogens with zero attached hydrogens (tertiary/aromatic N) is 2. The first kappa shape index (κ1) is 19.1. The van der Waals surface area contributed by atoms with Crippen molar-refractivity contribution in [2.45, 2.75) is 27.7 Å². The maximum Gasteiger partial charge on any atom is 0.193 e. The van der Waals surface area contributed by atoms with Crippen molar-refractivity contribution in [1.82, 2.24) is 4.90 Å². The molecule has 0 saturated heterocycles. The molecule has 0 radical (unpaired) electrons. The topological polar surface area (TPSA) is 72.1 Å². The number of nitrogens with one attached hydrogen (secondary N) is 1. The second kappa shape index (κ2) is 10.7. The molecule has 0 aromatic heterocycles. The lowest BCUT2D eigenvalue weighted by Crippen LogP contribution is -2.28. The number of hydrogen-bond donors (Lipinski definition) is 2. The number of aliphatic imine (C=N–C) groups is 1. The van der Waals surface area contributed by atoms with Crippen LogP contribution in [0.15, 0.2) is 23.2 Å². The van der Waals surface area contributed by atoms with Crippen molar-refractivity contribution in [3.63, 3.8) is 0 Å². The van der Waals surface area contributed by atoms with E-state index >= 15 is 0 Å². The lowest BCUT2D eigenvalue weighted by molar-refractivity contribution is 0.313. The van der Waals surface area contributed by atoms with Crippen LogP contribution in [0.25, 0.3) is 0 Å². The summed E-state index contributed by atoms with van der Waals surface area (Å²) in [5.41, 5.74) is 6.75. The van der Waals surface area contributed by atoms with Gasteiger partial charge in [-0.25, -0.2) is 0 Å². The van der Waals surface area contributed by atoms with Crippen LogP contribution in [0.2, 0.25) is 0 Å². The van der Waals surface area contributed by atoms with Crippen LogP contribution < -0.4 is 20.5 Å². The quantitative estimate of drug-likeness (QED) is 0.512. The van der Waals surface area contributed by atoms with Gasteiger partial charge in [-0.3, -0.25) is 4.99 Å². The van der Waals surface area contributed by atoms with Gasteiger partial charge in [0.05, 0.1) is 25.4 Å². The molecule has 0 spiro atoms.